The topological polar surface area (TPSA) is 140 Å². The van der Waals surface area contributed by atoms with E-state index in [4.69, 9.17) is 4.74 Å². The summed E-state index contributed by atoms with van der Waals surface area (Å²) >= 11 is 0. The summed E-state index contributed by atoms with van der Waals surface area (Å²) in [5, 5.41) is 9.75. The van der Waals surface area contributed by atoms with Gasteiger partial charge in [-0.2, -0.15) is 5.10 Å². The number of rotatable bonds is 6. The molecule has 0 bridgehead atoms. The Kier molecular flexibility index (Phi) is 5.88. The van der Waals surface area contributed by atoms with E-state index in [2.05, 4.69) is 30.7 Å². The predicted octanol–water partition coefficient (Wildman–Crippen LogP) is 1.19. The third-order valence-corrected chi connectivity index (χ3v) is 5.44. The van der Waals surface area contributed by atoms with Crippen LogP contribution in [0.25, 0.3) is 5.65 Å². The third kappa shape index (κ3) is 4.83. The molecule has 0 aliphatic carbocycles. The van der Waals surface area contributed by atoms with Crippen molar-refractivity contribution in [1.82, 2.24) is 35.2 Å². The zero-order chi connectivity index (χ0) is 24.4. The number of nitrogens with one attached hydrogen (secondary N) is 2. The first-order valence-electron chi connectivity index (χ1n) is 10.9. The Bertz CT molecular complexity index is 1460. The number of carbonyl (C=O) groups is 3. The van der Waals surface area contributed by atoms with Crippen LogP contribution in [0.2, 0.25) is 0 Å². The molecule has 0 unspecified atom stereocenters. The lowest BCUT2D eigenvalue weighted by atomic mass is 10.0. The number of ketones is 1. The molecule has 0 atom stereocenters. The fourth-order valence-corrected chi connectivity index (χ4v) is 3.77. The van der Waals surface area contributed by atoms with Gasteiger partial charge in [0, 0.05) is 36.9 Å². The van der Waals surface area contributed by atoms with E-state index in [1.54, 1.807) is 31.3 Å². The minimum absolute atomic E-state index is 0.0117. The largest absolute Gasteiger partial charge is 0.486 e. The van der Waals surface area contributed by atoms with E-state index in [1.807, 2.05) is 12.1 Å². The first-order valence-corrected chi connectivity index (χ1v) is 10.9. The molecule has 5 rings (SSSR count). The standard InChI is InChI=1S/C24H21N7O4/c1-14-25-6-4-17(29-14)12-27-24(34)20-10-19(30-22-5-7-28-31(20)22)23(33)26-11-15-2-3-21-16(8-15)9-18(32)13-35-21/h2-8,10H,9,11-13H2,1H3,(H,26,33)(H,27,34). The molecule has 0 saturated carbocycles. The van der Waals surface area contributed by atoms with Gasteiger partial charge in [0.05, 0.1) is 18.4 Å². The lowest BCUT2D eigenvalue weighted by Gasteiger charge is -2.17. The van der Waals surface area contributed by atoms with Gasteiger partial charge in [0.15, 0.2) is 11.4 Å². The minimum Gasteiger partial charge on any atom is -0.486 e. The number of nitrogens with zero attached hydrogens (tertiary/aromatic N) is 5. The molecule has 2 amide bonds. The summed E-state index contributed by atoms with van der Waals surface area (Å²) < 4.78 is 6.78. The minimum atomic E-state index is -0.445. The number of benzene rings is 1. The molecule has 0 spiro atoms. The van der Waals surface area contributed by atoms with Crippen LogP contribution in [-0.4, -0.2) is 48.8 Å². The molecule has 176 valence electrons. The molecule has 0 saturated heterocycles. The molecule has 0 radical (unpaired) electrons. The summed E-state index contributed by atoms with van der Waals surface area (Å²) in [6, 6.07) is 10.2. The second-order valence-corrected chi connectivity index (χ2v) is 8.03. The fraction of sp³-hybridized carbons (Fsp3) is 0.208. The highest BCUT2D eigenvalue weighted by Crippen LogP contribution is 2.24. The molecule has 1 aliphatic rings. The first-order chi connectivity index (χ1) is 17.0. The Morgan fingerprint density at radius 3 is 2.74 bits per heavy atom. The molecule has 1 aromatic carbocycles. The van der Waals surface area contributed by atoms with Crippen LogP contribution < -0.4 is 15.4 Å². The average Bonchev–Trinajstić information content (AvgIpc) is 3.34. The molecular weight excluding hydrogens is 450 g/mol. The number of ether oxygens (including phenoxy) is 1. The second kappa shape index (κ2) is 9.29. The number of aryl methyl sites for hydroxylation is 1. The Balaban J connectivity index is 1.31. The second-order valence-electron chi connectivity index (χ2n) is 8.03. The normalized spacial score (nSPS) is 12.7. The number of fused-ring (bicyclic) bond motifs is 2. The first kappa shape index (κ1) is 22.1. The van der Waals surface area contributed by atoms with Crippen molar-refractivity contribution >= 4 is 23.2 Å². The maximum atomic E-state index is 12.9. The summed E-state index contributed by atoms with van der Waals surface area (Å²) in [5.41, 5.74) is 2.89. The predicted molar refractivity (Wildman–Crippen MR) is 123 cm³/mol. The Morgan fingerprint density at radius 1 is 1.03 bits per heavy atom. The van der Waals surface area contributed by atoms with Gasteiger partial charge < -0.3 is 15.4 Å². The van der Waals surface area contributed by atoms with Crippen LogP contribution in [0.1, 0.15) is 43.6 Å². The van der Waals surface area contributed by atoms with Crippen molar-refractivity contribution in [2.45, 2.75) is 26.4 Å². The van der Waals surface area contributed by atoms with Crippen LogP contribution in [0.5, 0.6) is 5.75 Å². The Hall–Kier alpha value is -4.67. The van der Waals surface area contributed by atoms with Crippen LogP contribution in [0.3, 0.4) is 0 Å². The summed E-state index contributed by atoms with van der Waals surface area (Å²) in [6.45, 7) is 2.27. The molecule has 4 aromatic rings. The van der Waals surface area contributed by atoms with Gasteiger partial charge >= 0.3 is 0 Å². The zero-order valence-electron chi connectivity index (χ0n) is 18.8. The van der Waals surface area contributed by atoms with Crippen molar-refractivity contribution < 1.29 is 19.1 Å². The molecule has 11 heteroatoms. The van der Waals surface area contributed by atoms with Crippen molar-refractivity contribution in [2.75, 3.05) is 6.61 Å². The van der Waals surface area contributed by atoms with Crippen molar-refractivity contribution in [3.63, 3.8) is 0 Å². The highest BCUT2D eigenvalue weighted by atomic mass is 16.5. The van der Waals surface area contributed by atoms with Crippen molar-refractivity contribution in [3.8, 4) is 5.75 Å². The lowest BCUT2D eigenvalue weighted by Crippen LogP contribution is -2.29. The van der Waals surface area contributed by atoms with Gasteiger partial charge in [0.2, 0.25) is 0 Å². The monoisotopic (exact) mass is 471 g/mol. The molecule has 3 aromatic heterocycles. The molecule has 2 N–H and O–H groups in total. The summed E-state index contributed by atoms with van der Waals surface area (Å²) in [4.78, 5) is 50.1. The molecule has 1 aliphatic heterocycles. The summed E-state index contributed by atoms with van der Waals surface area (Å²) in [7, 11) is 0. The quantitative estimate of drug-likeness (QED) is 0.427. The van der Waals surface area contributed by atoms with Crippen molar-refractivity contribution in [3.05, 3.63) is 82.8 Å². The summed E-state index contributed by atoms with van der Waals surface area (Å²) in [6.07, 6.45) is 3.44. The number of Topliss-reactive ketones (excluding diaryl/α,β-unsaturated/α-hetero) is 1. The molecular formula is C24H21N7O4. The summed E-state index contributed by atoms with van der Waals surface area (Å²) in [5.74, 6) is 0.426. The maximum absolute atomic E-state index is 12.9. The van der Waals surface area contributed by atoms with E-state index in [0.717, 1.165) is 11.1 Å². The van der Waals surface area contributed by atoms with Crippen LogP contribution in [-0.2, 0) is 24.3 Å². The zero-order valence-corrected chi connectivity index (χ0v) is 18.8. The van der Waals surface area contributed by atoms with E-state index in [9.17, 15) is 14.4 Å². The van der Waals surface area contributed by atoms with Crippen molar-refractivity contribution in [2.24, 2.45) is 0 Å². The smallest absolute Gasteiger partial charge is 0.270 e. The molecule has 0 fully saturated rings. The van der Waals surface area contributed by atoms with Gasteiger partial charge in [-0.25, -0.2) is 19.5 Å². The Morgan fingerprint density at radius 2 is 1.89 bits per heavy atom. The maximum Gasteiger partial charge on any atom is 0.270 e. The van der Waals surface area contributed by atoms with Crippen LogP contribution in [0.15, 0.2) is 48.8 Å². The van der Waals surface area contributed by atoms with Gasteiger partial charge in [-0.15, -0.1) is 0 Å². The highest BCUT2D eigenvalue weighted by Gasteiger charge is 2.19. The van der Waals surface area contributed by atoms with Gasteiger partial charge in [-0.3, -0.25) is 14.4 Å². The fourth-order valence-electron chi connectivity index (χ4n) is 3.77. The molecule has 35 heavy (non-hydrogen) atoms. The van der Waals surface area contributed by atoms with Gasteiger partial charge in [0.25, 0.3) is 11.8 Å². The number of hydrogen-bond acceptors (Lipinski definition) is 8. The number of aromatic nitrogens is 5. The van der Waals surface area contributed by atoms with Gasteiger partial charge in [-0.1, -0.05) is 6.07 Å². The van der Waals surface area contributed by atoms with E-state index >= 15 is 0 Å². The third-order valence-electron chi connectivity index (χ3n) is 5.44. The van der Waals surface area contributed by atoms with Crippen molar-refractivity contribution in [1.29, 1.82) is 0 Å². The Labute approximate surface area is 199 Å². The van der Waals surface area contributed by atoms with E-state index in [1.165, 1.54) is 16.8 Å². The van der Waals surface area contributed by atoms with Crippen LogP contribution in [0, 0.1) is 6.92 Å². The average molecular weight is 471 g/mol. The van der Waals surface area contributed by atoms with Crippen LogP contribution >= 0.6 is 0 Å². The highest BCUT2D eigenvalue weighted by molar-refractivity contribution is 5.98. The lowest BCUT2D eigenvalue weighted by molar-refractivity contribution is -0.121. The van der Waals surface area contributed by atoms with E-state index < -0.39 is 11.8 Å². The van der Waals surface area contributed by atoms with E-state index in [-0.39, 0.29) is 36.9 Å². The molecule has 11 nitrogen and oxygen atoms in total. The number of hydrogen-bond donors (Lipinski definition) is 2. The number of carbonyl (C=O) groups excluding carboxylic acids is 3. The van der Waals surface area contributed by atoms with E-state index in [0.29, 0.717) is 29.3 Å². The van der Waals surface area contributed by atoms with Gasteiger partial charge in [0.1, 0.15) is 29.6 Å². The van der Waals surface area contributed by atoms with Crippen LogP contribution in [0.4, 0.5) is 0 Å². The van der Waals surface area contributed by atoms with Gasteiger partial charge in [-0.05, 0) is 30.7 Å². The SMILES string of the molecule is Cc1nccc(CNC(=O)c2cc(C(=O)NCc3ccc4c(c3)CC(=O)CO4)nc3ccnn23)n1. The molecule has 4 heterocycles. The number of amides is 2.